The summed E-state index contributed by atoms with van der Waals surface area (Å²) in [5, 5.41) is 7.69. The maximum absolute atomic E-state index is 4.51. The summed E-state index contributed by atoms with van der Waals surface area (Å²) in [6.07, 6.45) is 3.45. The number of hydrogen-bond donors (Lipinski definition) is 1. The van der Waals surface area contributed by atoms with E-state index in [1.165, 1.54) is 0 Å². The molecule has 3 rings (SSSR count). The molecule has 0 unspecified atom stereocenters. The summed E-state index contributed by atoms with van der Waals surface area (Å²) in [6, 6.07) is 12.2. The molecule has 2 heterocycles. The average molecular weight is 279 g/mol. The van der Waals surface area contributed by atoms with Crippen LogP contribution >= 0.6 is 0 Å². The number of hydrogen-bond acceptors (Lipinski definition) is 4. The van der Waals surface area contributed by atoms with Crippen LogP contribution in [0.25, 0.3) is 17.1 Å². The number of aromatic nitrogens is 4. The van der Waals surface area contributed by atoms with Gasteiger partial charge in [0.05, 0.1) is 11.9 Å². The van der Waals surface area contributed by atoms with Gasteiger partial charge in [-0.3, -0.25) is 0 Å². The van der Waals surface area contributed by atoms with Gasteiger partial charge in [-0.15, -0.1) is 0 Å². The van der Waals surface area contributed by atoms with Crippen LogP contribution in [0.1, 0.15) is 11.3 Å². The first-order chi connectivity index (χ1) is 10.3. The van der Waals surface area contributed by atoms with Crippen molar-refractivity contribution in [1.29, 1.82) is 0 Å². The molecule has 1 aromatic carbocycles. The third-order valence-electron chi connectivity index (χ3n) is 3.27. The van der Waals surface area contributed by atoms with E-state index in [1.807, 2.05) is 49.1 Å². The summed E-state index contributed by atoms with van der Waals surface area (Å²) in [4.78, 5) is 8.48. The molecule has 0 bridgehead atoms. The second-order valence-electron chi connectivity index (χ2n) is 4.84. The van der Waals surface area contributed by atoms with Crippen molar-refractivity contribution in [2.24, 2.45) is 0 Å². The number of nitrogens with one attached hydrogen (secondary N) is 1. The molecule has 106 valence electrons. The highest BCUT2D eigenvalue weighted by Crippen LogP contribution is 2.25. The minimum absolute atomic E-state index is 0.758. The fourth-order valence-corrected chi connectivity index (χ4v) is 2.34. The molecule has 0 atom stereocenters. The van der Waals surface area contributed by atoms with Crippen LogP contribution in [0.15, 0.2) is 48.9 Å². The van der Waals surface area contributed by atoms with Gasteiger partial charge < -0.3 is 5.32 Å². The maximum atomic E-state index is 4.51. The Hall–Kier alpha value is -2.53. The molecule has 0 aliphatic rings. The lowest BCUT2D eigenvalue weighted by atomic mass is 10.1. The van der Waals surface area contributed by atoms with E-state index in [-0.39, 0.29) is 0 Å². The molecule has 0 amide bonds. The van der Waals surface area contributed by atoms with Crippen LogP contribution in [0, 0.1) is 6.92 Å². The number of benzene rings is 1. The van der Waals surface area contributed by atoms with Gasteiger partial charge in [-0.1, -0.05) is 30.3 Å². The first-order valence-corrected chi connectivity index (χ1v) is 6.85. The second-order valence-corrected chi connectivity index (χ2v) is 4.84. The van der Waals surface area contributed by atoms with E-state index in [9.17, 15) is 0 Å². The fourth-order valence-electron chi connectivity index (χ4n) is 2.34. The molecule has 3 aromatic rings. The first kappa shape index (κ1) is 13.5. The van der Waals surface area contributed by atoms with Crippen LogP contribution in [0.3, 0.4) is 0 Å². The van der Waals surface area contributed by atoms with Crippen LogP contribution in [-0.2, 0) is 6.54 Å². The van der Waals surface area contributed by atoms with Gasteiger partial charge in [-0.05, 0) is 14.0 Å². The molecule has 0 saturated carbocycles. The summed E-state index contributed by atoms with van der Waals surface area (Å²) in [7, 11) is 1.93. The SMILES string of the molecule is CNCc1cnn(-c2cc(C)ncn2)c1-c1ccccc1. The number of aryl methyl sites for hydroxylation is 1. The molecule has 0 radical (unpaired) electrons. The fraction of sp³-hybridized carbons (Fsp3) is 0.188. The third kappa shape index (κ3) is 2.68. The monoisotopic (exact) mass is 279 g/mol. The Morgan fingerprint density at radius 2 is 1.95 bits per heavy atom. The minimum Gasteiger partial charge on any atom is -0.316 e. The molecule has 5 heteroatoms. The van der Waals surface area contributed by atoms with E-state index in [0.717, 1.165) is 34.9 Å². The van der Waals surface area contributed by atoms with E-state index in [0.29, 0.717) is 0 Å². The molecular weight excluding hydrogens is 262 g/mol. The summed E-state index contributed by atoms with van der Waals surface area (Å²) in [6.45, 7) is 2.71. The van der Waals surface area contributed by atoms with Gasteiger partial charge in [0.25, 0.3) is 0 Å². The van der Waals surface area contributed by atoms with Crippen molar-refractivity contribution in [3.8, 4) is 17.1 Å². The average Bonchev–Trinajstić information content (AvgIpc) is 2.92. The predicted octanol–water partition coefficient (Wildman–Crippen LogP) is 2.36. The van der Waals surface area contributed by atoms with Crippen LogP contribution < -0.4 is 5.32 Å². The molecule has 0 spiro atoms. The van der Waals surface area contributed by atoms with Gasteiger partial charge in [0.1, 0.15) is 6.33 Å². The van der Waals surface area contributed by atoms with Crippen LogP contribution in [0.5, 0.6) is 0 Å². The number of nitrogens with zero attached hydrogens (tertiary/aromatic N) is 4. The topological polar surface area (TPSA) is 55.6 Å². The lowest BCUT2D eigenvalue weighted by molar-refractivity contribution is 0.816. The number of rotatable bonds is 4. The Bertz CT molecular complexity index is 733. The zero-order valence-electron chi connectivity index (χ0n) is 12.1. The summed E-state index contributed by atoms with van der Waals surface area (Å²) >= 11 is 0. The van der Waals surface area contributed by atoms with Crippen molar-refractivity contribution in [2.75, 3.05) is 7.05 Å². The van der Waals surface area contributed by atoms with Crippen molar-refractivity contribution < 1.29 is 0 Å². The second kappa shape index (κ2) is 5.85. The largest absolute Gasteiger partial charge is 0.316 e. The standard InChI is InChI=1S/C16H17N5/c1-12-8-15(19-11-18-12)21-16(13-6-4-3-5-7-13)14(9-17-2)10-20-21/h3-8,10-11,17H,9H2,1-2H3. The highest BCUT2D eigenvalue weighted by molar-refractivity contribution is 5.65. The molecule has 0 fully saturated rings. The molecule has 5 nitrogen and oxygen atoms in total. The van der Waals surface area contributed by atoms with Crippen molar-refractivity contribution >= 4 is 0 Å². The van der Waals surface area contributed by atoms with Crippen molar-refractivity contribution in [3.63, 3.8) is 0 Å². The van der Waals surface area contributed by atoms with Gasteiger partial charge in [0, 0.05) is 29.4 Å². The first-order valence-electron chi connectivity index (χ1n) is 6.85. The van der Waals surface area contributed by atoms with E-state index < -0.39 is 0 Å². The molecule has 21 heavy (non-hydrogen) atoms. The Labute approximate surface area is 123 Å². The molecule has 0 saturated heterocycles. The third-order valence-corrected chi connectivity index (χ3v) is 3.27. The molecule has 0 aliphatic carbocycles. The van der Waals surface area contributed by atoms with E-state index in [2.05, 4.69) is 32.5 Å². The Morgan fingerprint density at radius 1 is 1.14 bits per heavy atom. The maximum Gasteiger partial charge on any atom is 0.157 e. The van der Waals surface area contributed by atoms with Gasteiger partial charge in [0.15, 0.2) is 5.82 Å². The molecular formula is C16H17N5. The van der Waals surface area contributed by atoms with Crippen LogP contribution in [0.2, 0.25) is 0 Å². The minimum atomic E-state index is 0.758. The van der Waals surface area contributed by atoms with Crippen LogP contribution in [0.4, 0.5) is 0 Å². The summed E-state index contributed by atoms with van der Waals surface area (Å²) < 4.78 is 1.87. The van der Waals surface area contributed by atoms with Crippen molar-refractivity contribution in [2.45, 2.75) is 13.5 Å². The predicted molar refractivity (Wildman–Crippen MR) is 82.1 cm³/mol. The molecule has 1 N–H and O–H groups in total. The highest BCUT2D eigenvalue weighted by Gasteiger charge is 2.14. The smallest absolute Gasteiger partial charge is 0.157 e. The Balaban J connectivity index is 2.18. The Kier molecular flexibility index (Phi) is 3.75. The van der Waals surface area contributed by atoms with E-state index >= 15 is 0 Å². The van der Waals surface area contributed by atoms with Gasteiger partial charge in [-0.2, -0.15) is 5.10 Å². The van der Waals surface area contributed by atoms with Gasteiger partial charge in [0.2, 0.25) is 0 Å². The van der Waals surface area contributed by atoms with E-state index in [1.54, 1.807) is 6.33 Å². The lowest BCUT2D eigenvalue weighted by Crippen LogP contribution is -2.07. The summed E-state index contributed by atoms with van der Waals surface area (Å²) in [5.74, 6) is 0.781. The van der Waals surface area contributed by atoms with Crippen molar-refractivity contribution in [1.82, 2.24) is 25.1 Å². The zero-order chi connectivity index (χ0) is 14.7. The van der Waals surface area contributed by atoms with Crippen LogP contribution in [-0.4, -0.2) is 26.8 Å². The molecule has 2 aromatic heterocycles. The quantitative estimate of drug-likeness (QED) is 0.796. The lowest BCUT2D eigenvalue weighted by Gasteiger charge is -2.09. The van der Waals surface area contributed by atoms with Gasteiger partial charge in [-0.25, -0.2) is 14.6 Å². The van der Waals surface area contributed by atoms with Gasteiger partial charge >= 0.3 is 0 Å². The summed E-state index contributed by atoms with van der Waals surface area (Å²) in [5.41, 5.74) is 4.24. The Morgan fingerprint density at radius 3 is 2.67 bits per heavy atom. The normalized spacial score (nSPS) is 10.8. The highest BCUT2D eigenvalue weighted by atomic mass is 15.3. The zero-order valence-corrected chi connectivity index (χ0v) is 12.1. The van der Waals surface area contributed by atoms with E-state index in [4.69, 9.17) is 0 Å². The molecule has 0 aliphatic heterocycles. The van der Waals surface area contributed by atoms with Crippen molar-refractivity contribution in [3.05, 3.63) is 60.2 Å².